The lowest BCUT2D eigenvalue weighted by Crippen LogP contribution is -2.26. The van der Waals surface area contributed by atoms with Crippen LogP contribution in [0.3, 0.4) is 0 Å². The molecule has 0 aromatic heterocycles. The molecule has 26 heavy (non-hydrogen) atoms. The summed E-state index contributed by atoms with van der Waals surface area (Å²) >= 11 is 0. The molecule has 0 radical (unpaired) electrons. The highest BCUT2D eigenvalue weighted by Gasteiger charge is 2.06. The SMILES string of the molecule is CCOc1ccc(NCC(=O)NN=C(C)c2ccc([N+](=O)[O-])cc2)cc1. The van der Waals surface area contributed by atoms with Gasteiger partial charge in [0.25, 0.3) is 11.6 Å². The lowest BCUT2D eigenvalue weighted by Gasteiger charge is -2.07. The van der Waals surface area contributed by atoms with Gasteiger partial charge in [-0.2, -0.15) is 5.10 Å². The van der Waals surface area contributed by atoms with Gasteiger partial charge in [0.2, 0.25) is 0 Å². The Labute approximate surface area is 151 Å². The number of hydrogen-bond acceptors (Lipinski definition) is 6. The molecular weight excluding hydrogens is 336 g/mol. The Balaban J connectivity index is 1.84. The molecule has 0 atom stereocenters. The van der Waals surface area contributed by atoms with Crippen LogP contribution in [0.5, 0.6) is 5.75 Å². The minimum Gasteiger partial charge on any atom is -0.494 e. The molecule has 0 bridgehead atoms. The van der Waals surface area contributed by atoms with Gasteiger partial charge in [0.15, 0.2) is 0 Å². The summed E-state index contributed by atoms with van der Waals surface area (Å²) in [7, 11) is 0. The summed E-state index contributed by atoms with van der Waals surface area (Å²) in [6.07, 6.45) is 0. The zero-order chi connectivity index (χ0) is 18.9. The number of carbonyl (C=O) groups excluding carboxylic acids is 1. The Morgan fingerprint density at radius 3 is 2.38 bits per heavy atom. The maximum Gasteiger partial charge on any atom is 0.269 e. The quantitative estimate of drug-likeness (QED) is 0.430. The number of anilines is 1. The summed E-state index contributed by atoms with van der Waals surface area (Å²) in [5, 5.41) is 17.6. The molecule has 8 nitrogen and oxygen atoms in total. The molecule has 2 rings (SSSR count). The molecule has 0 aliphatic carbocycles. The zero-order valence-corrected chi connectivity index (χ0v) is 14.6. The van der Waals surface area contributed by atoms with Crippen LogP contribution in [-0.4, -0.2) is 29.7 Å². The summed E-state index contributed by atoms with van der Waals surface area (Å²) in [5.41, 5.74) is 4.48. The molecule has 0 saturated heterocycles. The number of ether oxygens (including phenoxy) is 1. The first-order valence-electron chi connectivity index (χ1n) is 8.04. The lowest BCUT2D eigenvalue weighted by molar-refractivity contribution is -0.384. The van der Waals surface area contributed by atoms with E-state index in [1.54, 1.807) is 19.1 Å². The number of carbonyl (C=O) groups is 1. The number of hydrazone groups is 1. The van der Waals surface area contributed by atoms with Crippen molar-refractivity contribution in [2.45, 2.75) is 13.8 Å². The van der Waals surface area contributed by atoms with E-state index in [9.17, 15) is 14.9 Å². The minimum atomic E-state index is -0.468. The van der Waals surface area contributed by atoms with Gasteiger partial charge in [0.05, 0.1) is 23.8 Å². The molecule has 0 fully saturated rings. The van der Waals surface area contributed by atoms with Gasteiger partial charge in [0.1, 0.15) is 5.75 Å². The number of nitro benzene ring substituents is 1. The summed E-state index contributed by atoms with van der Waals surface area (Å²) in [4.78, 5) is 22.0. The Morgan fingerprint density at radius 2 is 1.81 bits per heavy atom. The first-order valence-corrected chi connectivity index (χ1v) is 8.04. The van der Waals surface area contributed by atoms with Gasteiger partial charge in [0, 0.05) is 17.8 Å². The highest BCUT2D eigenvalue weighted by Crippen LogP contribution is 2.15. The van der Waals surface area contributed by atoms with Gasteiger partial charge in [-0.1, -0.05) is 0 Å². The average Bonchev–Trinajstić information content (AvgIpc) is 2.66. The van der Waals surface area contributed by atoms with Crippen LogP contribution < -0.4 is 15.5 Å². The van der Waals surface area contributed by atoms with Gasteiger partial charge >= 0.3 is 0 Å². The van der Waals surface area contributed by atoms with Crippen LogP contribution in [0.25, 0.3) is 0 Å². The number of amides is 1. The summed E-state index contributed by atoms with van der Waals surface area (Å²) in [6.45, 7) is 4.28. The van der Waals surface area contributed by atoms with Crippen molar-refractivity contribution in [2.24, 2.45) is 5.10 Å². The fourth-order valence-electron chi connectivity index (χ4n) is 2.09. The third-order valence-electron chi connectivity index (χ3n) is 3.46. The second-order valence-corrected chi connectivity index (χ2v) is 5.35. The fraction of sp³-hybridized carbons (Fsp3) is 0.222. The van der Waals surface area contributed by atoms with Crippen molar-refractivity contribution in [1.29, 1.82) is 0 Å². The first kappa shape index (κ1) is 18.9. The number of nitrogens with zero attached hydrogens (tertiary/aromatic N) is 2. The van der Waals surface area contributed by atoms with Gasteiger partial charge in [-0.05, 0) is 55.8 Å². The van der Waals surface area contributed by atoms with Crippen molar-refractivity contribution in [3.63, 3.8) is 0 Å². The van der Waals surface area contributed by atoms with E-state index < -0.39 is 4.92 Å². The summed E-state index contributed by atoms with van der Waals surface area (Å²) in [6, 6.07) is 13.2. The number of non-ortho nitro benzene ring substituents is 1. The van der Waals surface area contributed by atoms with Crippen LogP contribution in [-0.2, 0) is 4.79 Å². The van der Waals surface area contributed by atoms with Gasteiger partial charge in [-0.25, -0.2) is 5.43 Å². The van der Waals surface area contributed by atoms with Crippen LogP contribution in [0.1, 0.15) is 19.4 Å². The lowest BCUT2D eigenvalue weighted by atomic mass is 10.1. The standard InChI is InChI=1S/C18H20N4O4/c1-3-26-17-10-6-15(7-11-17)19-12-18(23)21-20-13(2)14-4-8-16(9-5-14)22(24)25/h4-11,19H,3,12H2,1-2H3,(H,21,23). The van der Waals surface area contributed by atoms with Crippen LogP contribution in [0, 0.1) is 10.1 Å². The van der Waals surface area contributed by atoms with Gasteiger partial charge in [-0.3, -0.25) is 14.9 Å². The number of hydrogen-bond donors (Lipinski definition) is 2. The normalized spacial score (nSPS) is 10.9. The van der Waals surface area contributed by atoms with Crippen molar-refractivity contribution < 1.29 is 14.5 Å². The molecule has 136 valence electrons. The monoisotopic (exact) mass is 356 g/mol. The molecule has 1 amide bonds. The van der Waals surface area contributed by atoms with E-state index in [0.29, 0.717) is 17.9 Å². The Bertz CT molecular complexity index is 786. The molecule has 2 aromatic carbocycles. The van der Waals surface area contributed by atoms with Crippen LogP contribution in [0.2, 0.25) is 0 Å². The highest BCUT2D eigenvalue weighted by molar-refractivity contribution is 5.99. The fourth-order valence-corrected chi connectivity index (χ4v) is 2.09. The molecule has 0 heterocycles. The Morgan fingerprint density at radius 1 is 1.15 bits per heavy atom. The molecule has 0 unspecified atom stereocenters. The number of nitro groups is 1. The molecule has 0 aliphatic rings. The van der Waals surface area contributed by atoms with Crippen molar-refractivity contribution in [3.05, 3.63) is 64.2 Å². The van der Waals surface area contributed by atoms with Crippen LogP contribution >= 0.6 is 0 Å². The van der Waals surface area contributed by atoms with E-state index >= 15 is 0 Å². The van der Waals surface area contributed by atoms with E-state index in [1.807, 2.05) is 31.2 Å². The molecule has 0 spiro atoms. The number of nitrogens with one attached hydrogen (secondary N) is 2. The predicted molar refractivity (Wildman–Crippen MR) is 99.6 cm³/mol. The van der Waals surface area contributed by atoms with Crippen molar-refractivity contribution in [1.82, 2.24) is 5.43 Å². The van der Waals surface area contributed by atoms with E-state index in [2.05, 4.69) is 15.8 Å². The molecule has 0 saturated carbocycles. The smallest absolute Gasteiger partial charge is 0.269 e. The topological polar surface area (TPSA) is 106 Å². The van der Waals surface area contributed by atoms with Crippen molar-refractivity contribution >= 4 is 23.0 Å². The predicted octanol–water partition coefficient (Wildman–Crippen LogP) is 2.95. The maximum atomic E-state index is 11.9. The molecule has 8 heteroatoms. The third kappa shape index (κ3) is 5.59. The molecule has 2 aromatic rings. The van der Waals surface area contributed by atoms with E-state index in [4.69, 9.17) is 4.74 Å². The first-order chi connectivity index (χ1) is 12.5. The highest BCUT2D eigenvalue weighted by atomic mass is 16.6. The minimum absolute atomic E-state index is 0.00476. The van der Waals surface area contributed by atoms with Crippen molar-refractivity contribution in [2.75, 3.05) is 18.5 Å². The summed E-state index contributed by atoms with van der Waals surface area (Å²) < 4.78 is 5.35. The number of benzene rings is 2. The van der Waals surface area contributed by atoms with Crippen molar-refractivity contribution in [3.8, 4) is 5.75 Å². The molecular formula is C18H20N4O4. The summed E-state index contributed by atoms with van der Waals surface area (Å²) in [5.74, 6) is 0.464. The average molecular weight is 356 g/mol. The zero-order valence-electron chi connectivity index (χ0n) is 14.6. The largest absolute Gasteiger partial charge is 0.494 e. The maximum absolute atomic E-state index is 11.9. The molecule has 0 aliphatic heterocycles. The van der Waals surface area contributed by atoms with Crippen LogP contribution in [0.4, 0.5) is 11.4 Å². The second kappa shape index (κ2) is 9.16. The third-order valence-corrected chi connectivity index (χ3v) is 3.46. The second-order valence-electron chi connectivity index (χ2n) is 5.35. The van der Waals surface area contributed by atoms with Crippen LogP contribution in [0.15, 0.2) is 53.6 Å². The Kier molecular flexibility index (Phi) is 6.67. The molecule has 2 N–H and O–H groups in total. The Hall–Kier alpha value is -3.42. The van der Waals surface area contributed by atoms with Gasteiger partial charge in [-0.15, -0.1) is 0 Å². The van der Waals surface area contributed by atoms with Gasteiger partial charge < -0.3 is 10.1 Å². The van der Waals surface area contributed by atoms with E-state index in [1.165, 1.54) is 12.1 Å². The number of rotatable bonds is 8. The van der Waals surface area contributed by atoms with E-state index in [-0.39, 0.29) is 18.1 Å². The van der Waals surface area contributed by atoms with E-state index in [0.717, 1.165) is 11.4 Å².